The highest BCUT2D eigenvalue weighted by Crippen LogP contribution is 2.07. The van der Waals surface area contributed by atoms with E-state index in [0.29, 0.717) is 6.54 Å². The van der Waals surface area contributed by atoms with Gasteiger partial charge in [0.15, 0.2) is 0 Å². The van der Waals surface area contributed by atoms with Crippen molar-refractivity contribution in [2.24, 2.45) is 0 Å². The van der Waals surface area contributed by atoms with E-state index in [9.17, 15) is 4.79 Å². The average Bonchev–Trinajstić information content (AvgIpc) is 2.29. The van der Waals surface area contributed by atoms with E-state index in [-0.39, 0.29) is 5.91 Å². The number of amides is 1. The molecule has 0 aliphatic rings. The van der Waals surface area contributed by atoms with E-state index in [1.807, 2.05) is 18.7 Å². The van der Waals surface area contributed by atoms with Crippen molar-refractivity contribution < 1.29 is 4.79 Å². The maximum atomic E-state index is 11.7. The zero-order chi connectivity index (χ0) is 14.0. The molecular weight excluding hydrogens is 222 g/mol. The van der Waals surface area contributed by atoms with Crippen LogP contribution in [0.3, 0.4) is 0 Å². The Bertz CT molecular complexity index is 333. The molecule has 2 heteroatoms. The van der Waals surface area contributed by atoms with Gasteiger partial charge in [-0.2, -0.15) is 0 Å². The SMILES string of the molecule is C/C=C/C(=O)N(CC)C/C=C(/C)CCC=C(C)C. The molecule has 0 spiro atoms. The van der Waals surface area contributed by atoms with E-state index in [1.54, 1.807) is 12.2 Å². The Morgan fingerprint density at radius 1 is 1.17 bits per heavy atom. The molecule has 0 saturated carbocycles. The van der Waals surface area contributed by atoms with Crippen molar-refractivity contribution in [1.82, 2.24) is 4.90 Å². The monoisotopic (exact) mass is 249 g/mol. The molecule has 102 valence electrons. The topological polar surface area (TPSA) is 20.3 Å². The highest BCUT2D eigenvalue weighted by molar-refractivity contribution is 5.87. The number of hydrogen-bond donors (Lipinski definition) is 0. The predicted molar refractivity (Wildman–Crippen MR) is 79.5 cm³/mol. The molecule has 0 atom stereocenters. The molecule has 0 saturated heterocycles. The average molecular weight is 249 g/mol. The normalized spacial score (nSPS) is 11.7. The lowest BCUT2D eigenvalue weighted by atomic mass is 10.1. The zero-order valence-electron chi connectivity index (χ0n) is 12.5. The van der Waals surface area contributed by atoms with Crippen LogP contribution in [0.4, 0.5) is 0 Å². The summed E-state index contributed by atoms with van der Waals surface area (Å²) in [5.41, 5.74) is 2.71. The fourth-order valence-electron chi connectivity index (χ4n) is 1.58. The van der Waals surface area contributed by atoms with Gasteiger partial charge in [-0.1, -0.05) is 29.4 Å². The third-order valence-corrected chi connectivity index (χ3v) is 2.75. The fourth-order valence-corrected chi connectivity index (χ4v) is 1.58. The molecule has 2 nitrogen and oxygen atoms in total. The molecule has 1 amide bonds. The van der Waals surface area contributed by atoms with Crippen molar-refractivity contribution in [2.45, 2.75) is 47.5 Å². The summed E-state index contributed by atoms with van der Waals surface area (Å²) < 4.78 is 0. The Balaban J connectivity index is 4.24. The van der Waals surface area contributed by atoms with Crippen molar-refractivity contribution in [3.63, 3.8) is 0 Å². The first-order valence-electron chi connectivity index (χ1n) is 6.71. The molecule has 0 aromatic rings. The summed E-state index contributed by atoms with van der Waals surface area (Å²) >= 11 is 0. The van der Waals surface area contributed by atoms with E-state index in [2.05, 4.69) is 32.9 Å². The van der Waals surface area contributed by atoms with Gasteiger partial charge < -0.3 is 4.90 Å². The maximum absolute atomic E-state index is 11.7. The van der Waals surface area contributed by atoms with Crippen LogP contribution in [0, 0.1) is 0 Å². The molecule has 0 aromatic carbocycles. The summed E-state index contributed by atoms with van der Waals surface area (Å²) in [6.07, 6.45) is 9.97. The summed E-state index contributed by atoms with van der Waals surface area (Å²) in [7, 11) is 0. The second kappa shape index (κ2) is 9.69. The number of carbonyl (C=O) groups excluding carboxylic acids is 1. The van der Waals surface area contributed by atoms with Gasteiger partial charge in [-0.15, -0.1) is 0 Å². The third-order valence-electron chi connectivity index (χ3n) is 2.75. The van der Waals surface area contributed by atoms with Crippen molar-refractivity contribution >= 4 is 5.91 Å². The number of likely N-dealkylation sites (N-methyl/N-ethyl adjacent to an activating group) is 1. The lowest BCUT2D eigenvalue weighted by Gasteiger charge is -2.17. The first-order chi connectivity index (χ1) is 8.51. The van der Waals surface area contributed by atoms with E-state index in [0.717, 1.165) is 19.4 Å². The lowest BCUT2D eigenvalue weighted by Crippen LogP contribution is -2.29. The van der Waals surface area contributed by atoms with Gasteiger partial charge in [0.25, 0.3) is 0 Å². The number of rotatable bonds is 7. The summed E-state index contributed by atoms with van der Waals surface area (Å²) in [4.78, 5) is 13.5. The van der Waals surface area contributed by atoms with Crippen molar-refractivity contribution in [2.75, 3.05) is 13.1 Å². The minimum absolute atomic E-state index is 0.0911. The standard InChI is InChI=1S/C16H27NO/c1-6-9-16(18)17(7-2)13-12-15(5)11-8-10-14(3)4/h6,9-10,12H,7-8,11,13H2,1-5H3/b9-6+,15-12-. The molecule has 0 N–H and O–H groups in total. The molecule has 0 bridgehead atoms. The first kappa shape index (κ1) is 16.7. The van der Waals surface area contributed by atoms with Crippen LogP contribution in [0.1, 0.15) is 47.5 Å². The molecule has 0 radical (unpaired) electrons. The number of nitrogens with zero attached hydrogens (tertiary/aromatic N) is 1. The van der Waals surface area contributed by atoms with Gasteiger partial charge in [0.05, 0.1) is 0 Å². The highest BCUT2D eigenvalue weighted by Gasteiger charge is 2.05. The number of allylic oxidation sites excluding steroid dienone is 4. The minimum atomic E-state index is 0.0911. The molecule has 0 rings (SSSR count). The van der Waals surface area contributed by atoms with Crippen molar-refractivity contribution in [3.8, 4) is 0 Å². The maximum Gasteiger partial charge on any atom is 0.246 e. The Morgan fingerprint density at radius 3 is 2.33 bits per heavy atom. The molecule has 0 aliphatic heterocycles. The summed E-state index contributed by atoms with van der Waals surface area (Å²) in [6.45, 7) is 11.7. The van der Waals surface area contributed by atoms with E-state index in [4.69, 9.17) is 0 Å². The number of carbonyl (C=O) groups is 1. The van der Waals surface area contributed by atoms with Crippen molar-refractivity contribution in [3.05, 3.63) is 35.5 Å². The van der Waals surface area contributed by atoms with Gasteiger partial charge in [-0.05, 0) is 53.5 Å². The quantitative estimate of drug-likeness (QED) is 0.491. The van der Waals surface area contributed by atoms with Crippen LogP contribution in [-0.4, -0.2) is 23.9 Å². The third kappa shape index (κ3) is 7.88. The van der Waals surface area contributed by atoms with Gasteiger partial charge in [0.2, 0.25) is 5.91 Å². The van der Waals surface area contributed by atoms with Crippen LogP contribution in [-0.2, 0) is 4.79 Å². The van der Waals surface area contributed by atoms with Crippen LogP contribution in [0.15, 0.2) is 35.5 Å². The minimum Gasteiger partial charge on any atom is -0.336 e. The Labute approximate surface area is 112 Å². The molecule has 0 unspecified atom stereocenters. The van der Waals surface area contributed by atoms with Gasteiger partial charge >= 0.3 is 0 Å². The molecule has 0 fully saturated rings. The van der Waals surface area contributed by atoms with Gasteiger partial charge in [0.1, 0.15) is 0 Å². The first-order valence-corrected chi connectivity index (χ1v) is 6.71. The Morgan fingerprint density at radius 2 is 1.83 bits per heavy atom. The molecule has 0 heterocycles. The van der Waals surface area contributed by atoms with Crippen molar-refractivity contribution in [1.29, 1.82) is 0 Å². The highest BCUT2D eigenvalue weighted by atomic mass is 16.2. The second-order valence-electron chi connectivity index (χ2n) is 4.75. The van der Waals surface area contributed by atoms with Gasteiger partial charge in [0, 0.05) is 13.1 Å². The molecular formula is C16H27NO. The zero-order valence-corrected chi connectivity index (χ0v) is 12.5. The Hall–Kier alpha value is -1.31. The van der Waals surface area contributed by atoms with E-state index in [1.165, 1.54) is 11.1 Å². The lowest BCUT2D eigenvalue weighted by molar-refractivity contribution is -0.125. The summed E-state index contributed by atoms with van der Waals surface area (Å²) in [5, 5.41) is 0. The summed E-state index contributed by atoms with van der Waals surface area (Å²) in [5.74, 6) is 0.0911. The predicted octanol–water partition coefficient (Wildman–Crippen LogP) is 4.10. The van der Waals surface area contributed by atoms with Gasteiger partial charge in [-0.25, -0.2) is 0 Å². The van der Waals surface area contributed by atoms with Crippen LogP contribution in [0.2, 0.25) is 0 Å². The molecule has 0 aliphatic carbocycles. The Kier molecular flexibility index (Phi) is 8.99. The van der Waals surface area contributed by atoms with Crippen LogP contribution < -0.4 is 0 Å². The second-order valence-corrected chi connectivity index (χ2v) is 4.75. The van der Waals surface area contributed by atoms with Crippen LogP contribution in [0.5, 0.6) is 0 Å². The van der Waals surface area contributed by atoms with E-state index < -0.39 is 0 Å². The molecule has 0 aromatic heterocycles. The van der Waals surface area contributed by atoms with Crippen LogP contribution >= 0.6 is 0 Å². The van der Waals surface area contributed by atoms with Crippen LogP contribution in [0.25, 0.3) is 0 Å². The van der Waals surface area contributed by atoms with E-state index >= 15 is 0 Å². The largest absolute Gasteiger partial charge is 0.336 e. The fraction of sp³-hybridized carbons (Fsp3) is 0.562. The molecule has 18 heavy (non-hydrogen) atoms. The smallest absolute Gasteiger partial charge is 0.246 e. The van der Waals surface area contributed by atoms with Gasteiger partial charge in [-0.3, -0.25) is 4.79 Å². The summed E-state index contributed by atoms with van der Waals surface area (Å²) in [6, 6.07) is 0. The number of hydrogen-bond acceptors (Lipinski definition) is 1.